The molecule has 0 unspecified atom stereocenters. The van der Waals surface area contributed by atoms with Crippen LogP contribution in [0.5, 0.6) is 5.75 Å². The van der Waals surface area contributed by atoms with Crippen LogP contribution in [0.1, 0.15) is 23.1 Å². The molecule has 0 bridgehead atoms. The van der Waals surface area contributed by atoms with E-state index in [1.165, 1.54) is 0 Å². The molecule has 24 heavy (non-hydrogen) atoms. The largest absolute Gasteiger partial charge is 0.426 e. The van der Waals surface area contributed by atoms with Crippen molar-refractivity contribution >= 4 is 17.6 Å². The number of aryl methyl sites for hydroxylation is 3. The highest BCUT2D eigenvalue weighted by molar-refractivity contribution is 5.99. The van der Waals surface area contributed by atoms with Crippen molar-refractivity contribution in [1.29, 1.82) is 0 Å². The Labute approximate surface area is 142 Å². The van der Waals surface area contributed by atoms with E-state index in [1.807, 2.05) is 63.2 Å². The fraction of sp³-hybridized carbons (Fsp3) is 0.300. The lowest BCUT2D eigenvalue weighted by molar-refractivity contribution is -0.139. The van der Waals surface area contributed by atoms with Crippen LogP contribution in [-0.4, -0.2) is 18.4 Å². The van der Waals surface area contributed by atoms with E-state index in [2.05, 4.69) is 0 Å². The van der Waals surface area contributed by atoms with E-state index < -0.39 is 5.92 Å². The van der Waals surface area contributed by atoms with Crippen LogP contribution in [0.15, 0.2) is 42.5 Å². The van der Waals surface area contributed by atoms with E-state index >= 15 is 0 Å². The summed E-state index contributed by atoms with van der Waals surface area (Å²) in [5.74, 6) is -0.241. The van der Waals surface area contributed by atoms with Gasteiger partial charge in [-0.3, -0.25) is 9.59 Å². The molecule has 0 aliphatic carbocycles. The molecule has 0 aromatic heterocycles. The van der Waals surface area contributed by atoms with Crippen LogP contribution in [0.3, 0.4) is 0 Å². The molecular weight excluding hydrogens is 302 g/mol. The highest BCUT2D eigenvalue weighted by Gasteiger charge is 2.36. The second-order valence-electron chi connectivity index (χ2n) is 6.43. The minimum Gasteiger partial charge on any atom is -0.426 e. The van der Waals surface area contributed by atoms with Gasteiger partial charge in [0, 0.05) is 18.7 Å². The third-order valence-electron chi connectivity index (χ3n) is 4.33. The molecule has 1 saturated heterocycles. The van der Waals surface area contributed by atoms with Gasteiger partial charge >= 0.3 is 5.97 Å². The predicted octanol–water partition coefficient (Wildman–Crippen LogP) is 3.57. The van der Waals surface area contributed by atoms with E-state index in [0.29, 0.717) is 12.3 Å². The number of benzene rings is 2. The molecule has 1 fully saturated rings. The quantitative estimate of drug-likeness (QED) is 0.641. The Morgan fingerprint density at radius 2 is 1.83 bits per heavy atom. The fourth-order valence-corrected chi connectivity index (χ4v) is 2.92. The first kappa shape index (κ1) is 16.2. The summed E-state index contributed by atoms with van der Waals surface area (Å²) in [6, 6.07) is 13.5. The molecule has 0 N–H and O–H groups in total. The first-order valence-electron chi connectivity index (χ1n) is 8.10. The van der Waals surface area contributed by atoms with Gasteiger partial charge in [0.25, 0.3) is 0 Å². The zero-order chi connectivity index (χ0) is 17.3. The predicted molar refractivity (Wildman–Crippen MR) is 93.2 cm³/mol. The second-order valence-corrected chi connectivity index (χ2v) is 6.43. The Bertz CT molecular complexity index is 797. The van der Waals surface area contributed by atoms with Crippen molar-refractivity contribution in [1.82, 2.24) is 0 Å². The second kappa shape index (κ2) is 6.48. The van der Waals surface area contributed by atoms with Gasteiger partial charge in [0.2, 0.25) is 5.91 Å². The number of amides is 1. The Kier molecular flexibility index (Phi) is 4.38. The molecule has 2 aromatic rings. The summed E-state index contributed by atoms with van der Waals surface area (Å²) in [6.45, 7) is 6.21. The third-order valence-corrected chi connectivity index (χ3v) is 4.33. The maximum Gasteiger partial charge on any atom is 0.316 e. The molecule has 0 spiro atoms. The Morgan fingerprint density at radius 3 is 2.58 bits per heavy atom. The average Bonchev–Trinajstić information content (AvgIpc) is 2.93. The Hall–Kier alpha value is -2.62. The van der Waals surface area contributed by atoms with Crippen molar-refractivity contribution in [3.05, 3.63) is 59.2 Å². The number of esters is 1. The molecule has 0 saturated carbocycles. The normalized spacial score (nSPS) is 17.2. The van der Waals surface area contributed by atoms with Crippen LogP contribution in [0.4, 0.5) is 5.69 Å². The molecule has 1 aliphatic rings. The van der Waals surface area contributed by atoms with Crippen LogP contribution in [0, 0.1) is 26.7 Å². The summed E-state index contributed by atoms with van der Waals surface area (Å²) in [5.41, 5.74) is 3.87. The number of hydrogen-bond acceptors (Lipinski definition) is 3. The van der Waals surface area contributed by atoms with Crippen molar-refractivity contribution in [3.63, 3.8) is 0 Å². The maximum absolute atomic E-state index is 12.5. The van der Waals surface area contributed by atoms with E-state index in [4.69, 9.17) is 4.74 Å². The number of hydrogen-bond donors (Lipinski definition) is 0. The van der Waals surface area contributed by atoms with Gasteiger partial charge in [-0.25, -0.2) is 0 Å². The van der Waals surface area contributed by atoms with Gasteiger partial charge in [0.05, 0.1) is 5.92 Å². The smallest absolute Gasteiger partial charge is 0.316 e. The molecule has 4 heteroatoms. The van der Waals surface area contributed by atoms with Crippen LogP contribution >= 0.6 is 0 Å². The number of ether oxygens (including phenoxy) is 1. The number of carbonyl (C=O) groups is 2. The molecule has 4 nitrogen and oxygen atoms in total. The third kappa shape index (κ3) is 3.32. The first-order valence-corrected chi connectivity index (χ1v) is 8.10. The highest BCUT2D eigenvalue weighted by atomic mass is 16.5. The standard InChI is InChI=1S/C20H21NO3/c1-13-5-4-6-17(9-13)21-12-16(11-19(21)22)20(23)24-18-10-14(2)7-8-15(18)3/h4-10,16H,11-12H2,1-3H3/t16-/m1/s1. The van der Waals surface area contributed by atoms with Gasteiger partial charge in [0.15, 0.2) is 0 Å². The van der Waals surface area contributed by atoms with Crippen LogP contribution in [0.25, 0.3) is 0 Å². The fourth-order valence-electron chi connectivity index (χ4n) is 2.92. The minimum atomic E-state index is -0.432. The van der Waals surface area contributed by atoms with Crippen molar-refractivity contribution in [3.8, 4) is 5.75 Å². The van der Waals surface area contributed by atoms with E-state index in [1.54, 1.807) is 4.90 Å². The summed E-state index contributed by atoms with van der Waals surface area (Å²) < 4.78 is 5.55. The van der Waals surface area contributed by atoms with Crippen molar-refractivity contribution in [2.75, 3.05) is 11.4 Å². The number of rotatable bonds is 3. The lowest BCUT2D eigenvalue weighted by atomic mass is 10.1. The Morgan fingerprint density at radius 1 is 1.08 bits per heavy atom. The lowest BCUT2D eigenvalue weighted by Crippen LogP contribution is -2.27. The van der Waals surface area contributed by atoms with Crippen LogP contribution in [-0.2, 0) is 9.59 Å². The topological polar surface area (TPSA) is 46.6 Å². The highest BCUT2D eigenvalue weighted by Crippen LogP contribution is 2.28. The molecular formula is C20H21NO3. The average molecular weight is 323 g/mol. The molecule has 0 radical (unpaired) electrons. The summed E-state index contributed by atoms with van der Waals surface area (Å²) in [4.78, 5) is 26.4. The summed E-state index contributed by atoms with van der Waals surface area (Å²) in [5, 5.41) is 0. The first-order chi connectivity index (χ1) is 11.4. The number of nitrogens with zero attached hydrogens (tertiary/aromatic N) is 1. The maximum atomic E-state index is 12.5. The van der Waals surface area contributed by atoms with Gasteiger partial charge in [-0.15, -0.1) is 0 Å². The molecule has 1 heterocycles. The monoisotopic (exact) mass is 323 g/mol. The summed E-state index contributed by atoms with van der Waals surface area (Å²) in [7, 11) is 0. The van der Waals surface area contributed by atoms with E-state index in [9.17, 15) is 9.59 Å². The van der Waals surface area contributed by atoms with Gasteiger partial charge in [0.1, 0.15) is 5.75 Å². The molecule has 3 rings (SSSR count). The van der Waals surface area contributed by atoms with Crippen molar-refractivity contribution < 1.29 is 14.3 Å². The van der Waals surface area contributed by atoms with Gasteiger partial charge in [-0.05, 0) is 55.7 Å². The van der Waals surface area contributed by atoms with E-state index in [0.717, 1.165) is 22.4 Å². The molecule has 1 atom stereocenters. The SMILES string of the molecule is Cc1cccc(N2C[C@H](C(=O)Oc3cc(C)ccc3C)CC2=O)c1. The summed E-state index contributed by atoms with van der Waals surface area (Å²) in [6.07, 6.45) is 0.192. The van der Waals surface area contributed by atoms with Gasteiger partial charge in [-0.1, -0.05) is 24.3 Å². The number of carbonyl (C=O) groups excluding carboxylic acids is 2. The van der Waals surface area contributed by atoms with Crippen LogP contribution in [0.2, 0.25) is 0 Å². The lowest BCUT2D eigenvalue weighted by Gasteiger charge is -2.17. The molecule has 1 aliphatic heterocycles. The summed E-state index contributed by atoms with van der Waals surface area (Å²) >= 11 is 0. The zero-order valence-corrected chi connectivity index (χ0v) is 14.2. The van der Waals surface area contributed by atoms with Gasteiger partial charge in [-0.2, -0.15) is 0 Å². The number of anilines is 1. The molecule has 1 amide bonds. The van der Waals surface area contributed by atoms with Crippen molar-refractivity contribution in [2.24, 2.45) is 5.92 Å². The minimum absolute atomic E-state index is 0.0384. The van der Waals surface area contributed by atoms with Crippen molar-refractivity contribution in [2.45, 2.75) is 27.2 Å². The molecule has 2 aromatic carbocycles. The van der Waals surface area contributed by atoms with Gasteiger partial charge < -0.3 is 9.64 Å². The Balaban J connectivity index is 1.73. The van der Waals surface area contributed by atoms with E-state index in [-0.39, 0.29) is 18.3 Å². The zero-order valence-electron chi connectivity index (χ0n) is 14.2. The molecule has 124 valence electrons. The van der Waals surface area contributed by atoms with Crippen LogP contribution < -0.4 is 9.64 Å².